The van der Waals surface area contributed by atoms with Crippen molar-refractivity contribution in [1.82, 2.24) is 0 Å². The predicted octanol–water partition coefficient (Wildman–Crippen LogP) is 3.76. The minimum absolute atomic E-state index is 0.587. The van der Waals surface area contributed by atoms with Crippen molar-refractivity contribution in [3.63, 3.8) is 0 Å². The second kappa shape index (κ2) is 3.64. The Balaban J connectivity index is 3.06. The monoisotopic (exact) mass is 285 g/mol. The molecular weight excluding hydrogens is 262 g/mol. The first-order chi connectivity index (χ1) is 5.89. The first kappa shape index (κ1) is 11.7. The van der Waals surface area contributed by atoms with Gasteiger partial charge in [0.25, 0.3) is 0 Å². The Bertz CT molecular complexity index is 242. The molecule has 0 spiro atoms. The van der Waals surface area contributed by atoms with Crippen LogP contribution in [0, 0.1) is 0 Å². The van der Waals surface area contributed by atoms with Crippen molar-refractivity contribution in [3.8, 4) is 0 Å². The van der Waals surface area contributed by atoms with Crippen LogP contribution in [0.25, 0.3) is 0 Å². The Morgan fingerprint density at radius 3 is 2.08 bits per heavy atom. The van der Waals surface area contributed by atoms with Crippen molar-refractivity contribution in [2.24, 2.45) is 0 Å². The first-order valence-electron chi connectivity index (χ1n) is 5.45. The Labute approximate surface area is 88.3 Å². The molecule has 13 heavy (non-hydrogen) atoms. The Morgan fingerprint density at radius 2 is 1.85 bits per heavy atom. The van der Waals surface area contributed by atoms with Crippen molar-refractivity contribution >= 4 is 25.7 Å². The summed E-state index contributed by atoms with van der Waals surface area (Å²) in [5.74, 6) is 0. The van der Waals surface area contributed by atoms with Gasteiger partial charge in [-0.15, -0.1) is 0 Å². The van der Waals surface area contributed by atoms with E-state index >= 15 is 0 Å². The zero-order valence-electron chi connectivity index (χ0n) is 9.99. The number of hydrogen-bond donors (Lipinski definition) is 0. The molecule has 0 aromatic carbocycles. The average Bonchev–Trinajstić information content (AvgIpc) is 2.27. The van der Waals surface area contributed by atoms with Gasteiger partial charge in [0.1, 0.15) is 0 Å². The molecule has 1 aliphatic heterocycles. The number of hydrogen-bond acceptors (Lipinski definition) is 0. The zero-order chi connectivity index (χ0) is 10.3. The van der Waals surface area contributed by atoms with Crippen molar-refractivity contribution < 1.29 is 0 Å². The maximum absolute atomic E-state index is 2.60. The van der Waals surface area contributed by atoms with Crippen LogP contribution in [-0.2, 0) is 0 Å². The van der Waals surface area contributed by atoms with Gasteiger partial charge in [-0.05, 0) is 0 Å². The summed E-state index contributed by atoms with van der Waals surface area (Å²) in [5.41, 5.74) is 1.67. The van der Waals surface area contributed by atoms with Gasteiger partial charge in [0.2, 0.25) is 0 Å². The zero-order valence-corrected chi connectivity index (χ0v) is 12.8. The van der Waals surface area contributed by atoms with Gasteiger partial charge in [0.15, 0.2) is 0 Å². The average molecular weight is 284 g/mol. The third-order valence-corrected chi connectivity index (χ3v) is 20.3. The standard InChI is InChI=1S/C9H16B.2CH3.Sn/c1-5-8(4)10-9(6-2)7-3;;;/h5-6H2,1-4H3;2*1H3;. The minimum atomic E-state index is -1.93. The molecule has 0 amide bonds. The van der Waals surface area contributed by atoms with E-state index < -0.39 is 18.4 Å². The van der Waals surface area contributed by atoms with Gasteiger partial charge in [-0.25, -0.2) is 0 Å². The van der Waals surface area contributed by atoms with E-state index in [2.05, 4.69) is 44.9 Å². The molecule has 1 aliphatic rings. The second-order valence-electron chi connectivity index (χ2n) is 5.04. The van der Waals surface area contributed by atoms with E-state index in [-0.39, 0.29) is 0 Å². The molecule has 1 unspecified atom stereocenters. The molecule has 0 fully saturated rings. The van der Waals surface area contributed by atoms with Crippen molar-refractivity contribution in [1.29, 1.82) is 0 Å². The molecule has 1 rings (SSSR count). The molecule has 1 radical (unpaired) electrons. The van der Waals surface area contributed by atoms with Crippen LogP contribution in [0.15, 0.2) is 9.06 Å². The van der Waals surface area contributed by atoms with Gasteiger partial charge < -0.3 is 0 Å². The van der Waals surface area contributed by atoms with Crippen LogP contribution in [0.2, 0.25) is 13.2 Å². The fourth-order valence-electron chi connectivity index (χ4n) is 2.41. The third-order valence-electron chi connectivity index (χ3n) is 4.46. The fraction of sp³-hybridized carbons (Fsp3) is 0.818. The molecule has 0 N–H and O–H groups in total. The van der Waals surface area contributed by atoms with E-state index in [1.165, 1.54) is 12.8 Å². The van der Waals surface area contributed by atoms with Crippen LogP contribution in [0.3, 0.4) is 0 Å². The van der Waals surface area contributed by atoms with Gasteiger partial charge >= 0.3 is 88.5 Å². The van der Waals surface area contributed by atoms with Crippen molar-refractivity contribution in [2.75, 3.05) is 0 Å². The summed E-state index contributed by atoms with van der Waals surface area (Å²) >= 11 is -1.93. The van der Waals surface area contributed by atoms with Crippen LogP contribution in [-0.4, -0.2) is 25.7 Å². The summed E-state index contributed by atoms with van der Waals surface area (Å²) in [7, 11) is 2.60. The van der Waals surface area contributed by atoms with Crippen LogP contribution in [0.4, 0.5) is 0 Å². The normalized spacial score (nSPS) is 32.2. The van der Waals surface area contributed by atoms with Gasteiger partial charge in [-0.1, -0.05) is 0 Å². The van der Waals surface area contributed by atoms with Crippen molar-refractivity contribution in [2.45, 2.75) is 53.7 Å². The van der Waals surface area contributed by atoms with E-state index in [1.807, 2.05) is 0 Å². The molecule has 0 nitrogen and oxygen atoms in total. The van der Waals surface area contributed by atoms with Gasteiger partial charge in [0, 0.05) is 0 Å². The van der Waals surface area contributed by atoms with E-state index in [0.717, 1.165) is 0 Å². The molecule has 0 aromatic heterocycles. The molecule has 0 aromatic rings. The Morgan fingerprint density at radius 1 is 1.31 bits per heavy atom. The Kier molecular flexibility index (Phi) is 3.27. The molecule has 0 saturated heterocycles. The summed E-state index contributed by atoms with van der Waals surface area (Å²) in [6.45, 7) is 9.52. The summed E-state index contributed by atoms with van der Waals surface area (Å²) in [5, 5.41) is 0. The second-order valence-corrected chi connectivity index (χ2v) is 19.7. The summed E-state index contributed by atoms with van der Waals surface area (Å²) in [6, 6.07) is 0. The number of rotatable bonds is 2. The summed E-state index contributed by atoms with van der Waals surface area (Å²) in [4.78, 5) is 5.18. The van der Waals surface area contributed by atoms with Gasteiger partial charge in [-0.2, -0.15) is 0 Å². The van der Waals surface area contributed by atoms with Crippen LogP contribution in [0.5, 0.6) is 0 Å². The number of allylic oxidation sites excluding steroid dienone is 2. The van der Waals surface area contributed by atoms with E-state index in [0.29, 0.717) is 3.33 Å². The molecule has 0 bridgehead atoms. The molecule has 1 heterocycles. The molecular formula is C11H22BSn. The Hall–Kier alpha value is 0.604. The third kappa shape index (κ3) is 1.62. The van der Waals surface area contributed by atoms with E-state index in [4.69, 9.17) is 0 Å². The van der Waals surface area contributed by atoms with E-state index in [1.54, 1.807) is 9.06 Å². The predicted molar refractivity (Wildman–Crippen MR) is 64.9 cm³/mol. The SMILES string of the molecule is CCC1=[C](C)[Sn]([CH3])([CH3])[C](C)(CC)[B]1. The summed E-state index contributed by atoms with van der Waals surface area (Å²) in [6.07, 6.45) is 2.57. The quantitative estimate of drug-likeness (QED) is 0.677. The molecule has 2 heteroatoms. The molecule has 0 saturated carbocycles. The molecule has 1 atom stereocenters. The van der Waals surface area contributed by atoms with Gasteiger partial charge in [0.05, 0.1) is 0 Å². The van der Waals surface area contributed by atoms with Crippen LogP contribution >= 0.6 is 0 Å². The topological polar surface area (TPSA) is 0 Å². The fourth-order valence-corrected chi connectivity index (χ4v) is 11.9. The van der Waals surface area contributed by atoms with Crippen LogP contribution in [0.1, 0.15) is 40.5 Å². The van der Waals surface area contributed by atoms with E-state index in [9.17, 15) is 0 Å². The molecule has 0 aliphatic carbocycles. The van der Waals surface area contributed by atoms with Crippen LogP contribution < -0.4 is 0 Å². The maximum atomic E-state index is 2.60. The summed E-state index contributed by atoms with van der Waals surface area (Å²) < 4.78 is 2.39. The van der Waals surface area contributed by atoms with Crippen molar-refractivity contribution in [3.05, 3.63) is 9.06 Å². The first-order valence-corrected chi connectivity index (χ1v) is 14.0. The molecule has 73 valence electrons. The van der Waals surface area contributed by atoms with Gasteiger partial charge in [-0.3, -0.25) is 0 Å².